The highest BCUT2D eigenvalue weighted by Gasteiger charge is 2.03. The van der Waals surface area contributed by atoms with Gasteiger partial charge in [-0.05, 0) is 31.2 Å². The zero-order valence-electron chi connectivity index (χ0n) is 9.61. The Morgan fingerprint density at radius 2 is 2.53 bits per heavy atom. The molecule has 0 atom stereocenters. The highest BCUT2D eigenvalue weighted by atomic mass is 16.3. The summed E-state index contributed by atoms with van der Waals surface area (Å²) in [5.74, 6) is 0.585. The van der Waals surface area contributed by atoms with Crippen molar-refractivity contribution >= 4 is 12.0 Å². The van der Waals surface area contributed by atoms with Crippen molar-refractivity contribution in [2.24, 2.45) is 0 Å². The van der Waals surface area contributed by atoms with Gasteiger partial charge in [0.1, 0.15) is 5.76 Å². The monoisotopic (exact) mass is 232 g/mol. The zero-order chi connectivity index (χ0) is 11.9. The van der Waals surface area contributed by atoms with Crippen LogP contribution in [0.15, 0.2) is 40.5 Å². The van der Waals surface area contributed by atoms with Crippen molar-refractivity contribution in [3.8, 4) is 0 Å². The highest BCUT2D eigenvalue weighted by Crippen LogP contribution is 2.03. The number of hydrogen-bond acceptors (Lipinski definition) is 3. The fraction of sp³-hybridized carbons (Fsp3) is 0.308. The summed E-state index contributed by atoms with van der Waals surface area (Å²) in [4.78, 5) is 11.5. The van der Waals surface area contributed by atoms with E-state index in [9.17, 15) is 4.79 Å². The number of rotatable bonds is 4. The first-order valence-electron chi connectivity index (χ1n) is 5.72. The highest BCUT2D eigenvalue weighted by molar-refractivity contribution is 5.91. The maximum absolute atomic E-state index is 11.5. The van der Waals surface area contributed by atoms with Crippen LogP contribution in [-0.4, -0.2) is 25.5 Å². The minimum absolute atomic E-state index is 0.0965. The Balaban J connectivity index is 1.76. The third-order valence-corrected chi connectivity index (χ3v) is 2.59. The molecule has 2 heterocycles. The zero-order valence-corrected chi connectivity index (χ0v) is 9.61. The van der Waals surface area contributed by atoms with Crippen molar-refractivity contribution in [1.82, 2.24) is 10.6 Å². The number of hydrogen-bond donors (Lipinski definition) is 2. The van der Waals surface area contributed by atoms with Gasteiger partial charge in [0.05, 0.1) is 6.26 Å². The number of furan rings is 1. The van der Waals surface area contributed by atoms with Gasteiger partial charge in [0.25, 0.3) is 0 Å². The lowest BCUT2D eigenvalue weighted by atomic mass is 10.1. The molecule has 0 bridgehead atoms. The van der Waals surface area contributed by atoms with Crippen LogP contribution in [0.4, 0.5) is 0 Å². The summed E-state index contributed by atoms with van der Waals surface area (Å²) < 4.78 is 5.09. The second-order valence-electron chi connectivity index (χ2n) is 3.88. The van der Waals surface area contributed by atoms with Crippen LogP contribution in [0, 0.1) is 0 Å². The van der Waals surface area contributed by atoms with E-state index in [1.165, 1.54) is 11.6 Å². The Morgan fingerprint density at radius 3 is 3.24 bits per heavy atom. The Morgan fingerprint density at radius 1 is 1.59 bits per heavy atom. The molecule has 0 unspecified atom stereocenters. The van der Waals surface area contributed by atoms with E-state index in [1.807, 2.05) is 0 Å². The number of carbonyl (C=O) groups excluding carboxylic acids is 1. The van der Waals surface area contributed by atoms with E-state index in [0.29, 0.717) is 12.3 Å². The van der Waals surface area contributed by atoms with Gasteiger partial charge in [-0.25, -0.2) is 0 Å². The van der Waals surface area contributed by atoms with Crippen molar-refractivity contribution in [3.05, 3.63) is 41.9 Å². The summed E-state index contributed by atoms with van der Waals surface area (Å²) in [7, 11) is 0. The molecule has 0 spiro atoms. The van der Waals surface area contributed by atoms with Crippen LogP contribution in [0.3, 0.4) is 0 Å². The number of nitrogens with one attached hydrogen (secondary N) is 2. The van der Waals surface area contributed by atoms with Crippen molar-refractivity contribution < 1.29 is 9.21 Å². The lowest BCUT2D eigenvalue weighted by molar-refractivity contribution is -0.116. The molecular formula is C13H16N2O2. The van der Waals surface area contributed by atoms with Gasteiger partial charge in [0, 0.05) is 19.2 Å². The Bertz CT molecular complexity index is 419. The largest absolute Gasteiger partial charge is 0.465 e. The van der Waals surface area contributed by atoms with Crippen molar-refractivity contribution in [3.63, 3.8) is 0 Å². The molecule has 17 heavy (non-hydrogen) atoms. The van der Waals surface area contributed by atoms with E-state index in [2.05, 4.69) is 16.7 Å². The van der Waals surface area contributed by atoms with Crippen molar-refractivity contribution in [2.45, 2.75) is 6.42 Å². The van der Waals surface area contributed by atoms with Crippen molar-refractivity contribution in [2.75, 3.05) is 19.6 Å². The predicted octanol–water partition coefficient (Wildman–Crippen LogP) is 1.33. The minimum atomic E-state index is -0.0965. The van der Waals surface area contributed by atoms with Crippen LogP contribution >= 0.6 is 0 Å². The SMILES string of the molecule is O=C(/C=C/c1ccco1)NCC1=CCNCC1. The third kappa shape index (κ3) is 3.92. The van der Waals surface area contributed by atoms with Gasteiger partial charge in [-0.2, -0.15) is 0 Å². The molecule has 0 aromatic carbocycles. The maximum atomic E-state index is 11.5. The van der Waals surface area contributed by atoms with Crippen molar-refractivity contribution in [1.29, 1.82) is 0 Å². The molecule has 90 valence electrons. The lowest BCUT2D eigenvalue weighted by Crippen LogP contribution is -2.28. The molecule has 1 aromatic rings. The van der Waals surface area contributed by atoms with E-state index in [1.54, 1.807) is 24.5 Å². The van der Waals surface area contributed by atoms with E-state index < -0.39 is 0 Å². The Hall–Kier alpha value is -1.81. The summed E-state index contributed by atoms with van der Waals surface area (Å²) in [6.07, 6.45) is 7.85. The van der Waals surface area contributed by atoms with Gasteiger partial charge in [-0.1, -0.05) is 11.6 Å². The van der Waals surface area contributed by atoms with Crippen LogP contribution < -0.4 is 10.6 Å². The molecule has 1 aromatic heterocycles. The first-order chi connectivity index (χ1) is 8.34. The average Bonchev–Trinajstić information content (AvgIpc) is 2.88. The third-order valence-electron chi connectivity index (χ3n) is 2.59. The summed E-state index contributed by atoms with van der Waals surface area (Å²) in [5, 5.41) is 6.08. The van der Waals surface area contributed by atoms with Gasteiger partial charge in [0.15, 0.2) is 0 Å². The second-order valence-corrected chi connectivity index (χ2v) is 3.88. The molecule has 0 aliphatic carbocycles. The summed E-state index contributed by atoms with van der Waals surface area (Å²) in [5.41, 5.74) is 1.28. The van der Waals surface area contributed by atoms with Crippen LogP contribution in [0.1, 0.15) is 12.2 Å². The smallest absolute Gasteiger partial charge is 0.244 e. The van der Waals surface area contributed by atoms with Gasteiger partial charge in [0.2, 0.25) is 5.91 Å². The minimum Gasteiger partial charge on any atom is -0.465 e. The first-order valence-corrected chi connectivity index (χ1v) is 5.72. The molecule has 4 nitrogen and oxygen atoms in total. The maximum Gasteiger partial charge on any atom is 0.244 e. The van der Waals surface area contributed by atoms with E-state index in [0.717, 1.165) is 19.5 Å². The van der Waals surface area contributed by atoms with Crippen LogP contribution in [0.25, 0.3) is 6.08 Å². The molecule has 2 N–H and O–H groups in total. The normalized spacial score (nSPS) is 15.9. The quantitative estimate of drug-likeness (QED) is 0.608. The van der Waals surface area contributed by atoms with Crippen LogP contribution in [0.5, 0.6) is 0 Å². The van der Waals surface area contributed by atoms with Crippen LogP contribution in [0.2, 0.25) is 0 Å². The second kappa shape index (κ2) is 6.06. The topological polar surface area (TPSA) is 54.3 Å². The van der Waals surface area contributed by atoms with Gasteiger partial charge >= 0.3 is 0 Å². The van der Waals surface area contributed by atoms with Crippen LogP contribution in [-0.2, 0) is 4.79 Å². The van der Waals surface area contributed by atoms with E-state index >= 15 is 0 Å². The molecule has 1 amide bonds. The molecule has 0 radical (unpaired) electrons. The molecule has 1 aliphatic rings. The molecule has 2 rings (SSSR count). The molecular weight excluding hydrogens is 216 g/mol. The fourth-order valence-electron chi connectivity index (χ4n) is 1.63. The Kier molecular flexibility index (Phi) is 4.16. The number of amides is 1. The van der Waals surface area contributed by atoms with Gasteiger partial charge in [-0.15, -0.1) is 0 Å². The average molecular weight is 232 g/mol. The molecule has 4 heteroatoms. The molecule has 0 fully saturated rings. The lowest BCUT2D eigenvalue weighted by Gasteiger charge is -2.13. The summed E-state index contributed by atoms with van der Waals surface area (Å²) in [6, 6.07) is 3.59. The summed E-state index contributed by atoms with van der Waals surface area (Å²) in [6.45, 7) is 2.51. The predicted molar refractivity (Wildman–Crippen MR) is 66.3 cm³/mol. The fourth-order valence-corrected chi connectivity index (χ4v) is 1.63. The number of carbonyl (C=O) groups is 1. The summed E-state index contributed by atoms with van der Waals surface area (Å²) >= 11 is 0. The van der Waals surface area contributed by atoms with Gasteiger partial charge < -0.3 is 15.1 Å². The molecule has 0 saturated carbocycles. The molecule has 0 saturated heterocycles. The first kappa shape index (κ1) is 11.7. The Labute approximate surface area is 100 Å². The van der Waals surface area contributed by atoms with E-state index in [4.69, 9.17) is 4.42 Å². The standard InChI is InChI=1S/C13H16N2O2/c16-13(4-3-12-2-1-9-17-12)15-10-11-5-7-14-8-6-11/h1-5,9,14H,6-8,10H2,(H,15,16)/b4-3+. The molecule has 1 aliphatic heterocycles. The van der Waals surface area contributed by atoms with E-state index in [-0.39, 0.29) is 5.91 Å². The van der Waals surface area contributed by atoms with Gasteiger partial charge in [-0.3, -0.25) is 4.79 Å².